The molecule has 3 nitrogen and oxygen atoms in total. The average Bonchev–Trinajstić information content (AvgIpc) is 2.95. The van der Waals surface area contributed by atoms with Gasteiger partial charge in [0.15, 0.2) is 10.9 Å². The Hall–Kier alpha value is -0.900. The lowest BCUT2D eigenvalue weighted by Gasteiger charge is -2.22. The molecule has 1 aliphatic carbocycles. The third kappa shape index (κ3) is 3.28. The Bertz CT molecular complexity index is 396. The second kappa shape index (κ2) is 5.17. The van der Waals surface area contributed by atoms with Crippen molar-refractivity contribution in [2.24, 2.45) is 5.92 Å². The number of hydrogen-bond donors (Lipinski definition) is 0. The number of aromatic nitrogens is 1. The first-order chi connectivity index (χ1) is 8.08. The lowest BCUT2D eigenvalue weighted by molar-refractivity contribution is 0.102. The van der Waals surface area contributed by atoms with Gasteiger partial charge in [-0.3, -0.25) is 4.79 Å². The van der Waals surface area contributed by atoms with Crippen LogP contribution in [0.4, 0.5) is 5.13 Å². The lowest BCUT2D eigenvalue weighted by atomic mass is 10.1. The zero-order valence-electron chi connectivity index (χ0n) is 10.8. The molecule has 1 aromatic rings. The van der Waals surface area contributed by atoms with Crippen LogP contribution in [-0.2, 0) is 0 Å². The van der Waals surface area contributed by atoms with E-state index >= 15 is 0 Å². The molecule has 1 heterocycles. The normalized spacial score (nSPS) is 15.3. The highest BCUT2D eigenvalue weighted by molar-refractivity contribution is 7.17. The highest BCUT2D eigenvalue weighted by atomic mass is 32.1. The van der Waals surface area contributed by atoms with Gasteiger partial charge in [0, 0.05) is 19.5 Å². The fraction of sp³-hybridized carbons (Fsp3) is 0.692. The van der Waals surface area contributed by atoms with E-state index in [1.54, 1.807) is 13.1 Å². The highest BCUT2D eigenvalue weighted by Gasteiger charge is 2.30. The Balaban J connectivity index is 2.06. The van der Waals surface area contributed by atoms with Gasteiger partial charge in [-0.15, -0.1) is 0 Å². The van der Waals surface area contributed by atoms with Gasteiger partial charge < -0.3 is 4.90 Å². The number of rotatable bonds is 6. The summed E-state index contributed by atoms with van der Waals surface area (Å²) >= 11 is 1.53. The number of thiazole rings is 1. The fourth-order valence-electron chi connectivity index (χ4n) is 1.78. The van der Waals surface area contributed by atoms with E-state index in [1.165, 1.54) is 30.6 Å². The molecular weight excluding hydrogens is 232 g/mol. The van der Waals surface area contributed by atoms with Gasteiger partial charge >= 0.3 is 0 Å². The van der Waals surface area contributed by atoms with Crippen molar-refractivity contribution in [3.8, 4) is 0 Å². The van der Waals surface area contributed by atoms with Crippen molar-refractivity contribution < 1.29 is 4.79 Å². The molecule has 4 heteroatoms. The molecular formula is C13H20N2OS. The van der Waals surface area contributed by atoms with Crippen LogP contribution in [0.25, 0.3) is 0 Å². The molecule has 1 fully saturated rings. The molecule has 0 spiro atoms. The summed E-state index contributed by atoms with van der Waals surface area (Å²) in [4.78, 5) is 18.8. The summed E-state index contributed by atoms with van der Waals surface area (Å²) in [5.74, 6) is 0.830. The van der Waals surface area contributed by atoms with E-state index in [-0.39, 0.29) is 5.78 Å². The Morgan fingerprint density at radius 2 is 2.29 bits per heavy atom. The maximum Gasteiger partial charge on any atom is 0.186 e. The molecule has 0 bridgehead atoms. The largest absolute Gasteiger partial charge is 0.345 e. The second-order valence-corrected chi connectivity index (χ2v) is 6.18. The standard InChI is InChI=1S/C13H20N2OS/c1-9(2)6-7-15(11-4-5-11)13-14-8-12(17-13)10(3)16/h8-9,11H,4-7H2,1-3H3. The third-order valence-electron chi connectivity index (χ3n) is 3.02. The molecule has 0 aromatic carbocycles. The van der Waals surface area contributed by atoms with Gasteiger partial charge in [0.2, 0.25) is 0 Å². The van der Waals surface area contributed by atoms with Crippen LogP contribution >= 0.6 is 11.3 Å². The van der Waals surface area contributed by atoms with Crippen LogP contribution in [0.3, 0.4) is 0 Å². The molecule has 0 aliphatic heterocycles. The highest BCUT2D eigenvalue weighted by Crippen LogP contribution is 2.34. The first-order valence-electron chi connectivity index (χ1n) is 6.31. The maximum atomic E-state index is 11.3. The molecule has 0 N–H and O–H groups in total. The SMILES string of the molecule is CC(=O)c1cnc(N(CCC(C)C)C2CC2)s1. The molecule has 0 atom stereocenters. The molecule has 0 amide bonds. The number of ketones is 1. The molecule has 94 valence electrons. The van der Waals surface area contributed by atoms with Crippen LogP contribution in [0.15, 0.2) is 6.20 Å². The van der Waals surface area contributed by atoms with E-state index < -0.39 is 0 Å². The van der Waals surface area contributed by atoms with E-state index in [0.717, 1.165) is 16.6 Å². The van der Waals surface area contributed by atoms with Crippen molar-refractivity contribution in [1.82, 2.24) is 4.98 Å². The van der Waals surface area contributed by atoms with Crippen LogP contribution in [-0.4, -0.2) is 23.4 Å². The fourth-order valence-corrected chi connectivity index (χ4v) is 2.69. The Kier molecular flexibility index (Phi) is 3.82. The monoisotopic (exact) mass is 252 g/mol. The zero-order chi connectivity index (χ0) is 12.4. The number of hydrogen-bond acceptors (Lipinski definition) is 4. The number of anilines is 1. The molecule has 2 rings (SSSR count). The summed E-state index contributed by atoms with van der Waals surface area (Å²) in [5, 5.41) is 1.03. The van der Waals surface area contributed by atoms with Crippen LogP contribution in [0.1, 0.15) is 49.7 Å². The first-order valence-corrected chi connectivity index (χ1v) is 7.13. The molecule has 1 saturated carbocycles. The topological polar surface area (TPSA) is 33.2 Å². The van der Waals surface area contributed by atoms with E-state index in [9.17, 15) is 4.79 Å². The van der Waals surface area contributed by atoms with Crippen molar-refractivity contribution in [2.45, 2.75) is 46.1 Å². The minimum absolute atomic E-state index is 0.119. The number of carbonyl (C=O) groups excluding carboxylic acids is 1. The predicted molar refractivity (Wildman–Crippen MR) is 71.9 cm³/mol. The zero-order valence-corrected chi connectivity index (χ0v) is 11.6. The summed E-state index contributed by atoms with van der Waals surface area (Å²) in [5.41, 5.74) is 0. The Morgan fingerprint density at radius 3 is 2.76 bits per heavy atom. The minimum atomic E-state index is 0.119. The summed E-state index contributed by atoms with van der Waals surface area (Å²) in [7, 11) is 0. The van der Waals surface area contributed by atoms with Gasteiger partial charge in [-0.25, -0.2) is 4.98 Å². The van der Waals surface area contributed by atoms with E-state index in [4.69, 9.17) is 0 Å². The van der Waals surface area contributed by atoms with Crippen LogP contribution < -0.4 is 4.90 Å². The quantitative estimate of drug-likeness (QED) is 0.728. The minimum Gasteiger partial charge on any atom is -0.345 e. The number of carbonyl (C=O) groups is 1. The van der Waals surface area contributed by atoms with Crippen molar-refractivity contribution >= 4 is 22.3 Å². The van der Waals surface area contributed by atoms with Gasteiger partial charge in [-0.1, -0.05) is 25.2 Å². The van der Waals surface area contributed by atoms with E-state index in [0.29, 0.717) is 12.0 Å². The van der Waals surface area contributed by atoms with Crippen molar-refractivity contribution in [3.63, 3.8) is 0 Å². The van der Waals surface area contributed by atoms with Crippen LogP contribution in [0, 0.1) is 5.92 Å². The molecule has 1 aliphatic rings. The van der Waals surface area contributed by atoms with Crippen molar-refractivity contribution in [2.75, 3.05) is 11.4 Å². The van der Waals surface area contributed by atoms with Crippen molar-refractivity contribution in [3.05, 3.63) is 11.1 Å². The summed E-state index contributed by atoms with van der Waals surface area (Å²) in [6.45, 7) is 7.15. The predicted octanol–water partition coefficient (Wildman–Crippen LogP) is 3.36. The maximum absolute atomic E-state index is 11.3. The van der Waals surface area contributed by atoms with Crippen LogP contribution in [0.5, 0.6) is 0 Å². The third-order valence-corrected chi connectivity index (χ3v) is 4.16. The number of Topliss-reactive ketones (excluding diaryl/α,β-unsaturated/α-hetero) is 1. The smallest absolute Gasteiger partial charge is 0.186 e. The molecule has 0 unspecified atom stereocenters. The van der Waals surface area contributed by atoms with E-state index in [2.05, 4.69) is 23.7 Å². The molecule has 0 saturated heterocycles. The van der Waals surface area contributed by atoms with Gasteiger partial charge in [0.05, 0.1) is 11.1 Å². The van der Waals surface area contributed by atoms with Gasteiger partial charge in [-0.05, 0) is 25.2 Å². The van der Waals surface area contributed by atoms with Gasteiger partial charge in [0.1, 0.15) is 0 Å². The summed E-state index contributed by atoms with van der Waals surface area (Å²) in [6.07, 6.45) is 5.44. The summed E-state index contributed by atoms with van der Waals surface area (Å²) < 4.78 is 0. The lowest BCUT2D eigenvalue weighted by Crippen LogP contribution is -2.27. The van der Waals surface area contributed by atoms with Gasteiger partial charge in [0.25, 0.3) is 0 Å². The Labute approximate surface area is 107 Å². The van der Waals surface area contributed by atoms with Crippen molar-refractivity contribution in [1.29, 1.82) is 0 Å². The summed E-state index contributed by atoms with van der Waals surface area (Å²) in [6, 6.07) is 0.666. The molecule has 17 heavy (non-hydrogen) atoms. The first kappa shape index (κ1) is 12.6. The average molecular weight is 252 g/mol. The Morgan fingerprint density at radius 1 is 1.59 bits per heavy atom. The van der Waals surface area contributed by atoms with Crippen LogP contribution in [0.2, 0.25) is 0 Å². The van der Waals surface area contributed by atoms with E-state index in [1.807, 2.05) is 0 Å². The molecule has 1 aromatic heterocycles. The molecule has 0 radical (unpaired) electrons. The number of nitrogens with zero attached hydrogens (tertiary/aromatic N) is 2. The second-order valence-electron chi connectivity index (χ2n) is 5.17. The van der Waals surface area contributed by atoms with Gasteiger partial charge in [-0.2, -0.15) is 0 Å².